The lowest BCUT2D eigenvalue weighted by atomic mass is 9.93. The van der Waals surface area contributed by atoms with Gasteiger partial charge in [0, 0.05) is 54.2 Å². The SMILES string of the molecule is O=C1CC(c2ccc(OC(F)F)c3oc4ccccc4c23)CN1Cc1ccc(-c2cncnc2)cc1. The number of ether oxygens (including phenoxy) is 1. The van der Waals surface area contributed by atoms with Gasteiger partial charge in [0.2, 0.25) is 5.91 Å². The van der Waals surface area contributed by atoms with Crippen molar-refractivity contribution in [3.63, 3.8) is 0 Å². The largest absolute Gasteiger partial charge is 0.452 e. The van der Waals surface area contributed by atoms with Crippen LogP contribution in [0, 0.1) is 0 Å². The van der Waals surface area contributed by atoms with Crippen molar-refractivity contribution in [3.8, 4) is 16.9 Å². The fraction of sp³-hybridized carbons (Fsp3) is 0.179. The first-order valence-electron chi connectivity index (χ1n) is 11.6. The summed E-state index contributed by atoms with van der Waals surface area (Å²) in [5.41, 5.74) is 4.71. The van der Waals surface area contributed by atoms with Gasteiger partial charge in [-0.25, -0.2) is 9.97 Å². The highest BCUT2D eigenvalue weighted by atomic mass is 19.3. The van der Waals surface area contributed by atoms with E-state index >= 15 is 0 Å². The molecule has 1 fully saturated rings. The van der Waals surface area contributed by atoms with Crippen LogP contribution in [-0.4, -0.2) is 33.9 Å². The molecule has 1 unspecified atom stereocenters. The van der Waals surface area contributed by atoms with Crippen LogP contribution < -0.4 is 4.74 Å². The number of rotatable bonds is 6. The van der Waals surface area contributed by atoms with Gasteiger partial charge in [-0.05, 0) is 28.8 Å². The quantitative estimate of drug-likeness (QED) is 0.288. The molecule has 3 heterocycles. The van der Waals surface area contributed by atoms with Crippen LogP contribution >= 0.6 is 0 Å². The van der Waals surface area contributed by atoms with Gasteiger partial charge in [-0.1, -0.05) is 48.5 Å². The molecule has 6 rings (SSSR count). The van der Waals surface area contributed by atoms with Crippen LogP contribution in [0.25, 0.3) is 33.1 Å². The molecule has 5 aromatic rings. The molecule has 1 aliphatic heterocycles. The number of para-hydroxylation sites is 1. The molecule has 1 saturated heterocycles. The van der Waals surface area contributed by atoms with Crippen LogP contribution in [0.5, 0.6) is 5.75 Å². The van der Waals surface area contributed by atoms with Crippen molar-refractivity contribution in [2.24, 2.45) is 0 Å². The fourth-order valence-electron chi connectivity index (χ4n) is 4.96. The number of halogens is 2. The van der Waals surface area contributed by atoms with Gasteiger partial charge in [0.25, 0.3) is 0 Å². The maximum absolute atomic E-state index is 13.0. The molecular formula is C28H21F2N3O3. The summed E-state index contributed by atoms with van der Waals surface area (Å²) in [5, 5.41) is 1.53. The molecule has 0 radical (unpaired) electrons. The van der Waals surface area contributed by atoms with E-state index in [1.807, 2.05) is 47.4 Å². The number of benzene rings is 3. The Kier molecular flexibility index (Phi) is 5.56. The number of nitrogens with zero attached hydrogens (tertiary/aromatic N) is 3. The van der Waals surface area contributed by atoms with Gasteiger partial charge in [-0.3, -0.25) is 4.79 Å². The number of hydrogen-bond donors (Lipinski definition) is 0. The van der Waals surface area contributed by atoms with Crippen LogP contribution in [0.3, 0.4) is 0 Å². The topological polar surface area (TPSA) is 68.5 Å². The van der Waals surface area contributed by atoms with Crippen LogP contribution in [0.15, 0.2) is 83.8 Å². The van der Waals surface area contributed by atoms with E-state index in [0.717, 1.165) is 33.0 Å². The van der Waals surface area contributed by atoms with E-state index < -0.39 is 6.61 Å². The molecule has 1 amide bonds. The molecule has 0 spiro atoms. The first kappa shape index (κ1) is 22.2. The van der Waals surface area contributed by atoms with Gasteiger partial charge in [0.15, 0.2) is 11.3 Å². The van der Waals surface area contributed by atoms with Crippen LogP contribution in [-0.2, 0) is 11.3 Å². The van der Waals surface area contributed by atoms with Gasteiger partial charge >= 0.3 is 6.61 Å². The minimum atomic E-state index is -2.96. The molecule has 0 bridgehead atoms. The lowest BCUT2D eigenvalue weighted by molar-refractivity contribution is -0.128. The summed E-state index contributed by atoms with van der Waals surface area (Å²) in [6, 6.07) is 18.7. The van der Waals surface area contributed by atoms with E-state index in [2.05, 4.69) is 9.97 Å². The third kappa shape index (κ3) is 4.04. The number of likely N-dealkylation sites (tertiary alicyclic amines) is 1. The Hall–Kier alpha value is -4.33. The molecule has 8 heteroatoms. The Morgan fingerprint density at radius 1 is 1.00 bits per heavy atom. The van der Waals surface area contributed by atoms with Crippen LogP contribution in [0.1, 0.15) is 23.5 Å². The minimum absolute atomic E-state index is 0.00923. The number of fused-ring (bicyclic) bond motifs is 3. The molecule has 6 nitrogen and oxygen atoms in total. The molecule has 3 aromatic carbocycles. The van der Waals surface area contributed by atoms with E-state index in [-0.39, 0.29) is 23.2 Å². The molecule has 0 saturated carbocycles. The zero-order valence-corrected chi connectivity index (χ0v) is 19.1. The van der Waals surface area contributed by atoms with Crippen LogP contribution in [0.2, 0.25) is 0 Å². The maximum atomic E-state index is 13.0. The first-order chi connectivity index (χ1) is 17.6. The average molecular weight is 485 g/mol. The van der Waals surface area contributed by atoms with E-state index in [4.69, 9.17) is 9.15 Å². The van der Waals surface area contributed by atoms with Crippen molar-refractivity contribution < 1.29 is 22.7 Å². The van der Waals surface area contributed by atoms with E-state index in [1.54, 1.807) is 24.5 Å². The lowest BCUT2D eigenvalue weighted by Crippen LogP contribution is -2.24. The van der Waals surface area contributed by atoms with E-state index in [1.165, 1.54) is 12.4 Å². The summed E-state index contributed by atoms with van der Waals surface area (Å²) in [5.74, 6) is -0.0539. The Bertz CT molecular complexity index is 1550. The number of aromatic nitrogens is 2. The number of furan rings is 1. The Labute approximate surface area is 205 Å². The predicted octanol–water partition coefficient (Wildman–Crippen LogP) is 6.16. The summed E-state index contributed by atoms with van der Waals surface area (Å²) < 4.78 is 36.7. The second-order valence-electron chi connectivity index (χ2n) is 8.83. The van der Waals surface area contributed by atoms with Crippen molar-refractivity contribution in [2.75, 3.05) is 6.54 Å². The number of amides is 1. The van der Waals surface area contributed by atoms with Gasteiger partial charge in [0.1, 0.15) is 11.9 Å². The van der Waals surface area contributed by atoms with E-state index in [9.17, 15) is 13.6 Å². The van der Waals surface area contributed by atoms with Gasteiger partial charge in [-0.15, -0.1) is 0 Å². The number of carbonyl (C=O) groups excluding carboxylic acids is 1. The van der Waals surface area contributed by atoms with Gasteiger partial charge in [0.05, 0.1) is 0 Å². The van der Waals surface area contributed by atoms with Crippen LogP contribution in [0.4, 0.5) is 8.78 Å². The molecule has 2 aromatic heterocycles. The second kappa shape index (κ2) is 9.03. The average Bonchev–Trinajstić information content (AvgIpc) is 3.46. The Morgan fingerprint density at radius 3 is 2.56 bits per heavy atom. The second-order valence-corrected chi connectivity index (χ2v) is 8.83. The van der Waals surface area contributed by atoms with Crippen molar-refractivity contribution in [2.45, 2.75) is 25.5 Å². The zero-order valence-electron chi connectivity index (χ0n) is 19.1. The summed E-state index contributed by atoms with van der Waals surface area (Å²) in [6.45, 7) is -1.95. The third-order valence-electron chi connectivity index (χ3n) is 6.61. The normalized spacial score (nSPS) is 15.9. The summed E-state index contributed by atoms with van der Waals surface area (Å²) >= 11 is 0. The smallest absolute Gasteiger partial charge is 0.387 e. The van der Waals surface area contributed by atoms with Crippen molar-refractivity contribution >= 4 is 27.8 Å². The van der Waals surface area contributed by atoms with Crippen molar-refractivity contribution in [1.82, 2.24) is 14.9 Å². The standard InChI is InChI=1S/C28H21F2N3O3/c29-28(30)36-24-10-9-21(26-22-3-1-2-4-23(22)35-27(24)26)19-11-25(34)33(15-19)14-17-5-7-18(8-6-17)20-12-31-16-32-13-20/h1-10,12-13,16,19,28H,11,14-15H2. The Morgan fingerprint density at radius 2 is 1.78 bits per heavy atom. The molecule has 1 atom stereocenters. The zero-order chi connectivity index (χ0) is 24.6. The number of carbonyl (C=O) groups is 1. The maximum Gasteiger partial charge on any atom is 0.387 e. The molecule has 0 N–H and O–H groups in total. The van der Waals surface area contributed by atoms with Crippen molar-refractivity contribution in [1.29, 1.82) is 0 Å². The molecule has 36 heavy (non-hydrogen) atoms. The lowest BCUT2D eigenvalue weighted by Gasteiger charge is -2.18. The number of hydrogen-bond acceptors (Lipinski definition) is 5. The highest BCUT2D eigenvalue weighted by Crippen LogP contribution is 2.42. The molecule has 1 aliphatic rings. The summed E-state index contributed by atoms with van der Waals surface area (Å²) in [4.78, 5) is 22.9. The molecule has 0 aliphatic carbocycles. The van der Waals surface area contributed by atoms with Crippen molar-refractivity contribution in [3.05, 3.63) is 90.5 Å². The molecule has 180 valence electrons. The molecular weight excluding hydrogens is 464 g/mol. The van der Waals surface area contributed by atoms with Gasteiger partial charge < -0.3 is 14.1 Å². The summed E-state index contributed by atoms with van der Waals surface area (Å²) in [7, 11) is 0. The van der Waals surface area contributed by atoms with Gasteiger partial charge in [-0.2, -0.15) is 8.78 Å². The predicted molar refractivity (Wildman–Crippen MR) is 131 cm³/mol. The van der Waals surface area contributed by atoms with E-state index in [0.29, 0.717) is 25.1 Å². The monoisotopic (exact) mass is 485 g/mol. The highest BCUT2D eigenvalue weighted by Gasteiger charge is 2.33. The summed E-state index contributed by atoms with van der Waals surface area (Å²) in [6.07, 6.45) is 5.35. The minimum Gasteiger partial charge on any atom is -0.452 e. The number of alkyl halides is 2. The first-order valence-corrected chi connectivity index (χ1v) is 11.6. The highest BCUT2D eigenvalue weighted by molar-refractivity contribution is 6.09. The third-order valence-corrected chi connectivity index (χ3v) is 6.61. The Balaban J connectivity index is 1.28. The fourth-order valence-corrected chi connectivity index (χ4v) is 4.96.